The zero-order valence-corrected chi connectivity index (χ0v) is 13.7. The van der Waals surface area contributed by atoms with Crippen molar-refractivity contribution in [3.05, 3.63) is 35.1 Å². The molecule has 1 saturated carbocycles. The molecule has 5 heteroatoms. The molecule has 116 valence electrons. The zero-order chi connectivity index (χ0) is 15.4. The molecule has 0 aliphatic heterocycles. The summed E-state index contributed by atoms with van der Waals surface area (Å²) in [5, 5.41) is 4.05. The molecule has 0 radical (unpaired) electrons. The monoisotopic (exact) mass is 315 g/mol. The number of hydrogen-bond acceptors (Lipinski definition) is 4. The molecule has 2 aromatic heterocycles. The van der Waals surface area contributed by atoms with E-state index in [-0.39, 0.29) is 5.91 Å². The van der Waals surface area contributed by atoms with Crippen molar-refractivity contribution in [2.24, 2.45) is 0 Å². The topological polar surface area (TPSA) is 54.9 Å². The number of carbonyl (C=O) groups excluding carboxylic acids is 1. The first kappa shape index (κ1) is 15.2. The van der Waals surface area contributed by atoms with Gasteiger partial charge in [-0.3, -0.25) is 9.78 Å². The van der Waals surface area contributed by atoms with Gasteiger partial charge in [0.05, 0.1) is 5.69 Å². The lowest BCUT2D eigenvalue weighted by molar-refractivity contribution is 0.0936. The number of thiazole rings is 1. The second kappa shape index (κ2) is 7.01. The van der Waals surface area contributed by atoms with Crippen molar-refractivity contribution in [3.8, 4) is 10.6 Å². The van der Waals surface area contributed by atoms with Gasteiger partial charge >= 0.3 is 0 Å². The van der Waals surface area contributed by atoms with E-state index in [1.54, 1.807) is 12.4 Å². The van der Waals surface area contributed by atoms with E-state index in [1.807, 2.05) is 19.1 Å². The summed E-state index contributed by atoms with van der Waals surface area (Å²) in [4.78, 5) is 21.9. The van der Waals surface area contributed by atoms with Crippen LogP contribution in [0.15, 0.2) is 24.5 Å². The predicted octanol–water partition coefficient (Wildman–Crippen LogP) is 3.97. The standard InChI is InChI=1S/C17H21N3OS/c1-12-15(16(21)20-14-8-4-2-3-5-9-14)22-17(19-12)13-7-6-10-18-11-13/h6-7,10-11,14H,2-5,8-9H2,1H3,(H,20,21). The number of aryl methyl sites for hydroxylation is 1. The highest BCUT2D eigenvalue weighted by Crippen LogP contribution is 2.27. The van der Waals surface area contributed by atoms with Crippen LogP contribution in [-0.2, 0) is 0 Å². The van der Waals surface area contributed by atoms with Gasteiger partial charge in [-0.1, -0.05) is 25.7 Å². The van der Waals surface area contributed by atoms with Gasteiger partial charge in [0.25, 0.3) is 5.91 Å². The maximum atomic E-state index is 12.5. The molecule has 2 heterocycles. The number of carbonyl (C=O) groups is 1. The molecule has 2 aromatic rings. The van der Waals surface area contributed by atoms with Crippen molar-refractivity contribution in [2.45, 2.75) is 51.5 Å². The van der Waals surface area contributed by atoms with Crippen LogP contribution in [0.3, 0.4) is 0 Å². The number of rotatable bonds is 3. The van der Waals surface area contributed by atoms with Gasteiger partial charge in [-0.05, 0) is 31.9 Å². The molecule has 22 heavy (non-hydrogen) atoms. The normalized spacial score (nSPS) is 16.2. The highest BCUT2D eigenvalue weighted by molar-refractivity contribution is 7.17. The molecule has 3 rings (SSSR count). The Labute approximate surface area is 135 Å². The fourth-order valence-corrected chi connectivity index (χ4v) is 3.85. The Balaban J connectivity index is 1.74. The third-order valence-electron chi connectivity index (χ3n) is 4.10. The van der Waals surface area contributed by atoms with Crippen LogP contribution in [0.25, 0.3) is 10.6 Å². The fraction of sp³-hybridized carbons (Fsp3) is 0.471. The van der Waals surface area contributed by atoms with Crippen molar-refractivity contribution in [1.82, 2.24) is 15.3 Å². The van der Waals surface area contributed by atoms with E-state index in [0.717, 1.165) is 34.0 Å². The Morgan fingerprint density at radius 3 is 2.73 bits per heavy atom. The number of hydrogen-bond donors (Lipinski definition) is 1. The van der Waals surface area contributed by atoms with Crippen LogP contribution < -0.4 is 5.32 Å². The molecule has 1 fully saturated rings. The number of amides is 1. The summed E-state index contributed by atoms with van der Waals surface area (Å²) in [5.41, 5.74) is 1.76. The lowest BCUT2D eigenvalue weighted by Gasteiger charge is -2.15. The second-order valence-electron chi connectivity index (χ2n) is 5.84. The first-order valence-corrected chi connectivity index (χ1v) is 8.74. The molecule has 1 amide bonds. The highest BCUT2D eigenvalue weighted by Gasteiger charge is 2.20. The minimum absolute atomic E-state index is 0.0250. The Kier molecular flexibility index (Phi) is 4.83. The number of aromatic nitrogens is 2. The van der Waals surface area contributed by atoms with E-state index in [1.165, 1.54) is 37.0 Å². The van der Waals surface area contributed by atoms with Crippen LogP contribution >= 0.6 is 11.3 Å². The number of nitrogens with one attached hydrogen (secondary N) is 1. The predicted molar refractivity (Wildman–Crippen MR) is 89.0 cm³/mol. The average molecular weight is 315 g/mol. The summed E-state index contributed by atoms with van der Waals surface area (Å²) in [6.07, 6.45) is 10.7. The molecular weight excluding hydrogens is 294 g/mol. The van der Waals surface area contributed by atoms with Gasteiger partial charge in [-0.2, -0.15) is 0 Å². The lowest BCUT2D eigenvalue weighted by Crippen LogP contribution is -2.34. The summed E-state index contributed by atoms with van der Waals surface area (Å²) >= 11 is 1.45. The van der Waals surface area contributed by atoms with E-state index in [0.29, 0.717) is 6.04 Å². The molecule has 4 nitrogen and oxygen atoms in total. The molecule has 0 atom stereocenters. The van der Waals surface area contributed by atoms with E-state index < -0.39 is 0 Å². The molecule has 1 N–H and O–H groups in total. The van der Waals surface area contributed by atoms with Gasteiger partial charge in [-0.25, -0.2) is 4.98 Å². The Morgan fingerprint density at radius 2 is 2.05 bits per heavy atom. The SMILES string of the molecule is Cc1nc(-c2cccnc2)sc1C(=O)NC1CCCCCC1. The van der Waals surface area contributed by atoms with E-state index >= 15 is 0 Å². The van der Waals surface area contributed by atoms with Gasteiger partial charge in [0.15, 0.2) is 0 Å². The zero-order valence-electron chi connectivity index (χ0n) is 12.8. The third-order valence-corrected chi connectivity index (χ3v) is 5.31. The highest BCUT2D eigenvalue weighted by atomic mass is 32.1. The molecule has 0 unspecified atom stereocenters. The smallest absolute Gasteiger partial charge is 0.263 e. The number of pyridine rings is 1. The fourth-order valence-electron chi connectivity index (χ4n) is 2.89. The van der Waals surface area contributed by atoms with Crippen LogP contribution in [0, 0.1) is 6.92 Å². The van der Waals surface area contributed by atoms with E-state index in [4.69, 9.17) is 0 Å². The largest absolute Gasteiger partial charge is 0.349 e. The van der Waals surface area contributed by atoms with E-state index in [9.17, 15) is 4.79 Å². The Bertz CT molecular complexity index is 631. The molecule has 1 aliphatic carbocycles. The summed E-state index contributed by atoms with van der Waals surface area (Å²) in [6.45, 7) is 1.90. The number of nitrogens with zero attached hydrogens (tertiary/aromatic N) is 2. The van der Waals surface area contributed by atoms with Gasteiger partial charge in [0, 0.05) is 24.0 Å². The van der Waals surface area contributed by atoms with Gasteiger partial charge < -0.3 is 5.32 Å². The van der Waals surface area contributed by atoms with Crippen molar-refractivity contribution >= 4 is 17.2 Å². The Hall–Kier alpha value is -1.75. The van der Waals surface area contributed by atoms with Crippen LogP contribution in [0.2, 0.25) is 0 Å². The first-order chi connectivity index (χ1) is 10.7. The lowest BCUT2D eigenvalue weighted by atomic mass is 10.1. The van der Waals surface area contributed by atoms with Crippen LogP contribution in [0.4, 0.5) is 0 Å². The summed E-state index contributed by atoms with van der Waals surface area (Å²) in [7, 11) is 0. The molecule has 0 spiro atoms. The molecule has 0 aromatic carbocycles. The van der Waals surface area contributed by atoms with Crippen molar-refractivity contribution in [1.29, 1.82) is 0 Å². The first-order valence-electron chi connectivity index (χ1n) is 7.93. The Morgan fingerprint density at radius 1 is 1.27 bits per heavy atom. The van der Waals surface area contributed by atoms with Crippen LogP contribution in [0.5, 0.6) is 0 Å². The minimum Gasteiger partial charge on any atom is -0.349 e. The molecule has 1 aliphatic rings. The minimum atomic E-state index is 0.0250. The third kappa shape index (κ3) is 3.53. The van der Waals surface area contributed by atoms with Gasteiger partial charge in [0.2, 0.25) is 0 Å². The van der Waals surface area contributed by atoms with Crippen molar-refractivity contribution in [3.63, 3.8) is 0 Å². The maximum Gasteiger partial charge on any atom is 0.263 e. The van der Waals surface area contributed by atoms with Crippen molar-refractivity contribution in [2.75, 3.05) is 0 Å². The van der Waals surface area contributed by atoms with Crippen LogP contribution in [-0.4, -0.2) is 21.9 Å². The van der Waals surface area contributed by atoms with Gasteiger partial charge in [0.1, 0.15) is 9.88 Å². The van der Waals surface area contributed by atoms with Crippen LogP contribution in [0.1, 0.15) is 53.9 Å². The summed E-state index contributed by atoms with van der Waals surface area (Å²) in [5.74, 6) is 0.0250. The second-order valence-corrected chi connectivity index (χ2v) is 6.84. The van der Waals surface area contributed by atoms with Gasteiger partial charge in [-0.15, -0.1) is 11.3 Å². The van der Waals surface area contributed by atoms with E-state index in [2.05, 4.69) is 15.3 Å². The summed E-state index contributed by atoms with van der Waals surface area (Å²) < 4.78 is 0. The molecule has 0 bridgehead atoms. The molecule has 0 saturated heterocycles. The summed E-state index contributed by atoms with van der Waals surface area (Å²) in [6, 6.07) is 4.17. The average Bonchev–Trinajstić information content (AvgIpc) is 2.75. The quantitative estimate of drug-likeness (QED) is 0.872. The molecular formula is C17H21N3OS. The van der Waals surface area contributed by atoms with Crippen molar-refractivity contribution < 1.29 is 4.79 Å². The maximum absolute atomic E-state index is 12.5.